The molecule has 1 saturated heterocycles. The lowest BCUT2D eigenvalue weighted by atomic mass is 10.1. The van der Waals surface area contributed by atoms with Gasteiger partial charge in [-0.3, -0.25) is 9.59 Å². The quantitative estimate of drug-likeness (QED) is 0.677. The van der Waals surface area contributed by atoms with E-state index in [4.69, 9.17) is 4.74 Å². The highest BCUT2D eigenvalue weighted by Crippen LogP contribution is 2.12. The molecule has 1 rings (SSSR count). The molecule has 1 fully saturated rings. The van der Waals surface area contributed by atoms with Crippen molar-refractivity contribution >= 4 is 11.8 Å². The van der Waals surface area contributed by atoms with Crippen LogP contribution in [0.2, 0.25) is 0 Å². The Morgan fingerprint density at radius 3 is 2.72 bits per heavy atom. The van der Waals surface area contributed by atoms with Crippen LogP contribution in [0.4, 0.5) is 0 Å². The van der Waals surface area contributed by atoms with Crippen LogP contribution in [0.5, 0.6) is 0 Å². The zero-order valence-corrected chi connectivity index (χ0v) is 11.5. The highest BCUT2D eigenvalue weighted by molar-refractivity contribution is 5.83. The third-order valence-corrected chi connectivity index (χ3v) is 3.34. The molecule has 0 bridgehead atoms. The van der Waals surface area contributed by atoms with Crippen molar-refractivity contribution in [2.45, 2.75) is 25.5 Å². The predicted molar refractivity (Wildman–Crippen MR) is 68.1 cm³/mol. The summed E-state index contributed by atoms with van der Waals surface area (Å²) in [6.07, 6.45) is 0.789. The number of carbonyl (C=O) groups is 2. The van der Waals surface area contributed by atoms with Crippen LogP contribution in [0, 0.1) is 5.92 Å². The van der Waals surface area contributed by atoms with Gasteiger partial charge in [0.2, 0.25) is 11.8 Å². The Hall–Kier alpha value is -1.14. The Kier molecular flexibility index (Phi) is 5.55. The predicted octanol–water partition coefficient (Wildman–Crippen LogP) is -0.796. The number of rotatable bonds is 5. The molecule has 104 valence electrons. The summed E-state index contributed by atoms with van der Waals surface area (Å²) in [5.41, 5.74) is 0. The molecular formula is C12H23N3O3. The summed E-state index contributed by atoms with van der Waals surface area (Å²) in [6, 6.07) is -0.197. The summed E-state index contributed by atoms with van der Waals surface area (Å²) in [7, 11) is 4.97. The van der Waals surface area contributed by atoms with E-state index >= 15 is 0 Å². The molecule has 6 nitrogen and oxygen atoms in total. The van der Waals surface area contributed by atoms with Gasteiger partial charge in [0.15, 0.2) is 0 Å². The molecule has 0 aromatic carbocycles. The number of likely N-dealkylation sites (N-methyl/N-ethyl adjacent to an activating group) is 1. The Morgan fingerprint density at radius 1 is 1.56 bits per heavy atom. The summed E-state index contributed by atoms with van der Waals surface area (Å²) < 4.78 is 5.21. The monoisotopic (exact) mass is 257 g/mol. The number of hydrogen-bond donors (Lipinski definition) is 2. The summed E-state index contributed by atoms with van der Waals surface area (Å²) in [5.74, 6) is -0.238. The molecule has 3 unspecified atom stereocenters. The number of nitrogens with one attached hydrogen (secondary N) is 2. The second kappa shape index (κ2) is 6.70. The second-order valence-electron chi connectivity index (χ2n) is 4.79. The lowest BCUT2D eigenvalue weighted by Gasteiger charge is -2.23. The minimum atomic E-state index is -0.205. The number of hydrogen-bond acceptors (Lipinski definition) is 4. The summed E-state index contributed by atoms with van der Waals surface area (Å²) in [6.45, 7) is 2.93. The van der Waals surface area contributed by atoms with Crippen LogP contribution in [0.1, 0.15) is 13.3 Å². The van der Waals surface area contributed by atoms with E-state index in [0.29, 0.717) is 19.5 Å². The van der Waals surface area contributed by atoms with Gasteiger partial charge in [-0.2, -0.15) is 0 Å². The SMILES string of the molecule is CNC(=O)C(C)CN(C)C(=O)C1CC(OC)CN1. The van der Waals surface area contributed by atoms with Crippen molar-refractivity contribution in [2.75, 3.05) is 34.3 Å². The van der Waals surface area contributed by atoms with Gasteiger partial charge >= 0.3 is 0 Å². The molecule has 0 aromatic rings. The average Bonchev–Trinajstić information content (AvgIpc) is 2.85. The lowest BCUT2D eigenvalue weighted by molar-refractivity contribution is -0.133. The first-order valence-corrected chi connectivity index (χ1v) is 6.22. The number of ether oxygens (including phenoxy) is 1. The van der Waals surface area contributed by atoms with E-state index in [0.717, 1.165) is 0 Å². The van der Waals surface area contributed by atoms with Gasteiger partial charge in [0, 0.05) is 34.3 Å². The van der Waals surface area contributed by atoms with Crippen molar-refractivity contribution in [3.8, 4) is 0 Å². The number of nitrogens with zero attached hydrogens (tertiary/aromatic N) is 1. The minimum Gasteiger partial charge on any atom is -0.380 e. The Morgan fingerprint density at radius 2 is 2.22 bits per heavy atom. The maximum atomic E-state index is 12.1. The summed E-state index contributed by atoms with van der Waals surface area (Å²) >= 11 is 0. The van der Waals surface area contributed by atoms with Crippen LogP contribution in [0.15, 0.2) is 0 Å². The van der Waals surface area contributed by atoms with Crippen molar-refractivity contribution in [3.63, 3.8) is 0 Å². The molecule has 0 saturated carbocycles. The summed E-state index contributed by atoms with van der Waals surface area (Å²) in [4.78, 5) is 25.1. The van der Waals surface area contributed by atoms with Crippen LogP contribution in [0.3, 0.4) is 0 Å². The largest absolute Gasteiger partial charge is 0.380 e. The van der Waals surface area contributed by atoms with Gasteiger partial charge in [-0.15, -0.1) is 0 Å². The van der Waals surface area contributed by atoms with Crippen LogP contribution in [0.25, 0.3) is 0 Å². The maximum absolute atomic E-state index is 12.1. The molecule has 0 aliphatic carbocycles. The van der Waals surface area contributed by atoms with Crippen LogP contribution in [-0.2, 0) is 14.3 Å². The molecule has 1 heterocycles. The van der Waals surface area contributed by atoms with Crippen LogP contribution in [-0.4, -0.2) is 63.2 Å². The molecule has 0 spiro atoms. The van der Waals surface area contributed by atoms with Gasteiger partial charge in [-0.25, -0.2) is 0 Å². The van der Waals surface area contributed by atoms with Gasteiger partial charge in [0.1, 0.15) is 0 Å². The van der Waals surface area contributed by atoms with E-state index in [9.17, 15) is 9.59 Å². The van der Waals surface area contributed by atoms with Gasteiger partial charge in [0.05, 0.1) is 18.1 Å². The zero-order valence-electron chi connectivity index (χ0n) is 11.5. The van der Waals surface area contributed by atoms with Gasteiger partial charge in [0.25, 0.3) is 0 Å². The molecule has 1 aliphatic heterocycles. The lowest BCUT2D eigenvalue weighted by Crippen LogP contribution is -2.45. The molecular weight excluding hydrogens is 234 g/mol. The first-order valence-electron chi connectivity index (χ1n) is 6.22. The summed E-state index contributed by atoms with van der Waals surface area (Å²) in [5, 5.41) is 5.72. The smallest absolute Gasteiger partial charge is 0.239 e. The van der Waals surface area contributed by atoms with E-state index in [2.05, 4.69) is 10.6 Å². The van der Waals surface area contributed by atoms with Gasteiger partial charge in [-0.05, 0) is 6.42 Å². The van der Waals surface area contributed by atoms with E-state index in [1.807, 2.05) is 6.92 Å². The molecule has 1 aliphatic rings. The Bertz CT molecular complexity index is 309. The van der Waals surface area contributed by atoms with Crippen molar-refractivity contribution < 1.29 is 14.3 Å². The van der Waals surface area contributed by atoms with Crippen molar-refractivity contribution in [1.82, 2.24) is 15.5 Å². The zero-order chi connectivity index (χ0) is 13.7. The van der Waals surface area contributed by atoms with E-state index in [1.54, 1.807) is 26.1 Å². The number of amides is 2. The van der Waals surface area contributed by atoms with Crippen LogP contribution >= 0.6 is 0 Å². The Labute approximate surface area is 108 Å². The molecule has 18 heavy (non-hydrogen) atoms. The van der Waals surface area contributed by atoms with Gasteiger partial charge < -0.3 is 20.3 Å². The third kappa shape index (κ3) is 3.68. The second-order valence-corrected chi connectivity index (χ2v) is 4.79. The fourth-order valence-corrected chi connectivity index (χ4v) is 2.17. The molecule has 0 aromatic heterocycles. The average molecular weight is 257 g/mol. The van der Waals surface area contributed by atoms with Crippen molar-refractivity contribution in [2.24, 2.45) is 5.92 Å². The van der Waals surface area contributed by atoms with Crippen molar-refractivity contribution in [3.05, 3.63) is 0 Å². The molecule has 2 amide bonds. The van der Waals surface area contributed by atoms with Crippen molar-refractivity contribution in [1.29, 1.82) is 0 Å². The molecule has 6 heteroatoms. The van der Waals surface area contributed by atoms with Crippen LogP contribution < -0.4 is 10.6 Å². The topological polar surface area (TPSA) is 70.7 Å². The van der Waals surface area contributed by atoms with Gasteiger partial charge in [-0.1, -0.05) is 6.92 Å². The fourth-order valence-electron chi connectivity index (χ4n) is 2.17. The van der Waals surface area contributed by atoms with E-state index in [-0.39, 0.29) is 29.9 Å². The number of methoxy groups -OCH3 is 1. The highest BCUT2D eigenvalue weighted by atomic mass is 16.5. The number of carbonyl (C=O) groups excluding carboxylic acids is 2. The standard InChI is InChI=1S/C12H23N3O3/c1-8(11(16)13-2)7-15(3)12(17)10-5-9(18-4)6-14-10/h8-10,14H,5-7H2,1-4H3,(H,13,16). The molecule has 3 atom stereocenters. The first kappa shape index (κ1) is 14.9. The molecule has 2 N–H and O–H groups in total. The fraction of sp³-hybridized carbons (Fsp3) is 0.833. The Balaban J connectivity index is 2.44. The van der Waals surface area contributed by atoms with E-state index in [1.165, 1.54) is 0 Å². The highest BCUT2D eigenvalue weighted by Gasteiger charge is 2.31. The van der Waals surface area contributed by atoms with E-state index < -0.39 is 0 Å². The normalized spacial score (nSPS) is 24.7. The first-order chi connectivity index (χ1) is 8.49. The minimum absolute atomic E-state index is 0.0188. The maximum Gasteiger partial charge on any atom is 0.239 e. The third-order valence-electron chi connectivity index (χ3n) is 3.34. The molecule has 0 radical (unpaired) electrons.